The SMILES string of the molecule is CN1C(=O)CCN(CCCN)c2ccc(F)cc21. The largest absolute Gasteiger partial charge is 0.369 e. The van der Waals surface area contributed by atoms with E-state index in [0.29, 0.717) is 25.2 Å². The molecular formula is C13H18FN3O. The van der Waals surface area contributed by atoms with E-state index in [9.17, 15) is 9.18 Å². The van der Waals surface area contributed by atoms with Crippen molar-refractivity contribution in [3.63, 3.8) is 0 Å². The molecule has 1 aliphatic rings. The zero-order valence-electron chi connectivity index (χ0n) is 10.5. The second kappa shape index (κ2) is 5.35. The van der Waals surface area contributed by atoms with Crippen LogP contribution in [0, 0.1) is 5.82 Å². The summed E-state index contributed by atoms with van der Waals surface area (Å²) in [6.45, 7) is 2.05. The Bertz CT molecular complexity index is 450. The van der Waals surface area contributed by atoms with Crippen molar-refractivity contribution < 1.29 is 9.18 Å². The molecule has 1 aromatic rings. The number of rotatable bonds is 3. The maximum atomic E-state index is 13.3. The molecule has 5 heteroatoms. The fraction of sp³-hybridized carbons (Fsp3) is 0.462. The highest BCUT2D eigenvalue weighted by molar-refractivity contribution is 5.98. The molecule has 0 unspecified atom stereocenters. The fourth-order valence-corrected chi connectivity index (χ4v) is 2.20. The Labute approximate surface area is 106 Å². The molecule has 2 rings (SSSR count). The number of carbonyl (C=O) groups excluding carboxylic acids is 1. The smallest absolute Gasteiger partial charge is 0.228 e. The summed E-state index contributed by atoms with van der Waals surface area (Å²) >= 11 is 0. The standard InChI is InChI=1S/C13H18FN3O/c1-16-12-9-10(14)3-4-11(12)17(7-2-6-15)8-5-13(16)18/h3-4,9H,2,5-8,15H2,1H3. The molecular weight excluding hydrogens is 233 g/mol. The summed E-state index contributed by atoms with van der Waals surface area (Å²) in [4.78, 5) is 15.5. The number of hydrogen-bond donors (Lipinski definition) is 1. The molecule has 0 saturated carbocycles. The molecule has 0 fully saturated rings. The Morgan fingerprint density at radius 2 is 2.17 bits per heavy atom. The van der Waals surface area contributed by atoms with Gasteiger partial charge in [-0.1, -0.05) is 0 Å². The van der Waals surface area contributed by atoms with Crippen LogP contribution >= 0.6 is 0 Å². The zero-order chi connectivity index (χ0) is 13.1. The molecule has 1 aromatic carbocycles. The molecule has 98 valence electrons. The maximum absolute atomic E-state index is 13.3. The van der Waals surface area contributed by atoms with Crippen LogP contribution in [0.1, 0.15) is 12.8 Å². The van der Waals surface area contributed by atoms with Gasteiger partial charge in [0.25, 0.3) is 0 Å². The van der Waals surface area contributed by atoms with E-state index in [1.807, 2.05) is 0 Å². The number of carbonyl (C=O) groups is 1. The Hall–Kier alpha value is -1.62. The van der Waals surface area contributed by atoms with Crippen LogP contribution < -0.4 is 15.5 Å². The highest BCUT2D eigenvalue weighted by Gasteiger charge is 2.23. The van der Waals surface area contributed by atoms with Gasteiger partial charge in [0.05, 0.1) is 11.4 Å². The topological polar surface area (TPSA) is 49.6 Å². The van der Waals surface area contributed by atoms with E-state index in [4.69, 9.17) is 5.73 Å². The van der Waals surface area contributed by atoms with Crippen LogP contribution in [-0.4, -0.2) is 32.6 Å². The van der Waals surface area contributed by atoms with E-state index >= 15 is 0 Å². The van der Waals surface area contributed by atoms with Crippen molar-refractivity contribution in [1.29, 1.82) is 0 Å². The first kappa shape index (κ1) is 12.8. The Kier molecular flexibility index (Phi) is 3.81. The molecule has 0 saturated heterocycles. The monoisotopic (exact) mass is 251 g/mol. The summed E-state index contributed by atoms with van der Waals surface area (Å²) in [6, 6.07) is 4.57. The van der Waals surface area contributed by atoms with Gasteiger partial charge in [-0.2, -0.15) is 0 Å². The van der Waals surface area contributed by atoms with E-state index in [-0.39, 0.29) is 11.7 Å². The minimum Gasteiger partial charge on any atom is -0.369 e. The number of hydrogen-bond acceptors (Lipinski definition) is 3. The minimum absolute atomic E-state index is 0.0112. The van der Waals surface area contributed by atoms with Crippen molar-refractivity contribution in [2.75, 3.05) is 36.5 Å². The van der Waals surface area contributed by atoms with Crippen LogP contribution in [0.5, 0.6) is 0 Å². The Morgan fingerprint density at radius 3 is 2.89 bits per heavy atom. The number of nitrogens with two attached hydrogens (primary N) is 1. The van der Waals surface area contributed by atoms with E-state index < -0.39 is 0 Å². The highest BCUT2D eigenvalue weighted by atomic mass is 19.1. The van der Waals surface area contributed by atoms with E-state index in [1.54, 1.807) is 13.1 Å². The third kappa shape index (κ3) is 2.46. The number of nitrogens with zero attached hydrogens (tertiary/aromatic N) is 2. The molecule has 2 N–H and O–H groups in total. The summed E-state index contributed by atoms with van der Waals surface area (Å²) in [7, 11) is 1.69. The first-order valence-electron chi connectivity index (χ1n) is 6.14. The van der Waals surface area contributed by atoms with Crippen molar-refractivity contribution in [2.24, 2.45) is 5.73 Å². The number of amides is 1. The Balaban J connectivity index is 2.37. The summed E-state index contributed by atoms with van der Waals surface area (Å²) < 4.78 is 13.3. The second-order valence-corrected chi connectivity index (χ2v) is 4.47. The van der Waals surface area contributed by atoms with Crippen LogP contribution in [0.2, 0.25) is 0 Å². The van der Waals surface area contributed by atoms with E-state index in [1.165, 1.54) is 17.0 Å². The molecule has 0 bridgehead atoms. The lowest BCUT2D eigenvalue weighted by atomic mass is 10.2. The van der Waals surface area contributed by atoms with Crippen LogP contribution in [0.15, 0.2) is 18.2 Å². The average molecular weight is 251 g/mol. The lowest BCUT2D eigenvalue weighted by Gasteiger charge is -2.25. The Morgan fingerprint density at radius 1 is 1.39 bits per heavy atom. The summed E-state index contributed by atoms with van der Waals surface area (Å²) in [5, 5.41) is 0. The van der Waals surface area contributed by atoms with Gasteiger partial charge in [0.1, 0.15) is 5.82 Å². The van der Waals surface area contributed by atoms with E-state index in [2.05, 4.69) is 4.90 Å². The zero-order valence-corrected chi connectivity index (χ0v) is 10.5. The molecule has 0 spiro atoms. The summed E-state index contributed by atoms with van der Waals surface area (Å²) in [5.74, 6) is -0.314. The summed E-state index contributed by atoms with van der Waals surface area (Å²) in [6.07, 6.45) is 1.30. The van der Waals surface area contributed by atoms with Crippen molar-refractivity contribution >= 4 is 17.3 Å². The number of halogens is 1. The normalized spacial score (nSPS) is 15.6. The second-order valence-electron chi connectivity index (χ2n) is 4.47. The third-order valence-corrected chi connectivity index (χ3v) is 3.24. The molecule has 4 nitrogen and oxygen atoms in total. The van der Waals surface area contributed by atoms with Gasteiger partial charge in [-0.3, -0.25) is 4.79 Å². The maximum Gasteiger partial charge on any atom is 0.228 e. The molecule has 0 atom stereocenters. The van der Waals surface area contributed by atoms with Crippen LogP contribution in [0.25, 0.3) is 0 Å². The quantitative estimate of drug-likeness (QED) is 0.882. The van der Waals surface area contributed by atoms with Crippen molar-refractivity contribution in [3.05, 3.63) is 24.0 Å². The molecule has 1 amide bonds. The van der Waals surface area contributed by atoms with E-state index in [0.717, 1.165) is 18.7 Å². The van der Waals surface area contributed by atoms with Crippen LogP contribution in [-0.2, 0) is 4.79 Å². The van der Waals surface area contributed by atoms with Crippen LogP contribution in [0.3, 0.4) is 0 Å². The molecule has 1 heterocycles. The molecule has 18 heavy (non-hydrogen) atoms. The molecule has 0 aliphatic carbocycles. The number of fused-ring (bicyclic) bond motifs is 1. The predicted molar refractivity (Wildman–Crippen MR) is 70.3 cm³/mol. The van der Waals surface area contributed by atoms with Crippen molar-refractivity contribution in [3.8, 4) is 0 Å². The predicted octanol–water partition coefficient (Wildman–Crippen LogP) is 1.35. The average Bonchev–Trinajstić information content (AvgIpc) is 2.48. The lowest BCUT2D eigenvalue weighted by Crippen LogP contribution is -2.27. The van der Waals surface area contributed by atoms with Gasteiger partial charge in [0.15, 0.2) is 0 Å². The molecule has 0 aromatic heterocycles. The van der Waals surface area contributed by atoms with Crippen molar-refractivity contribution in [2.45, 2.75) is 12.8 Å². The highest BCUT2D eigenvalue weighted by Crippen LogP contribution is 2.32. The number of benzene rings is 1. The molecule has 0 radical (unpaired) electrons. The first-order chi connectivity index (χ1) is 8.63. The van der Waals surface area contributed by atoms with Gasteiger partial charge < -0.3 is 15.5 Å². The van der Waals surface area contributed by atoms with Crippen LogP contribution in [0.4, 0.5) is 15.8 Å². The first-order valence-corrected chi connectivity index (χ1v) is 6.14. The van der Waals surface area contributed by atoms with Gasteiger partial charge in [0, 0.05) is 26.6 Å². The summed E-state index contributed by atoms with van der Waals surface area (Å²) in [5.41, 5.74) is 7.05. The van der Waals surface area contributed by atoms with Gasteiger partial charge in [-0.05, 0) is 31.2 Å². The minimum atomic E-state index is -0.325. The van der Waals surface area contributed by atoms with Gasteiger partial charge in [-0.15, -0.1) is 0 Å². The third-order valence-electron chi connectivity index (χ3n) is 3.24. The fourth-order valence-electron chi connectivity index (χ4n) is 2.20. The van der Waals surface area contributed by atoms with Gasteiger partial charge in [0.2, 0.25) is 5.91 Å². The van der Waals surface area contributed by atoms with Crippen molar-refractivity contribution in [1.82, 2.24) is 0 Å². The molecule has 1 aliphatic heterocycles. The number of anilines is 2. The van der Waals surface area contributed by atoms with Gasteiger partial charge >= 0.3 is 0 Å². The lowest BCUT2D eigenvalue weighted by molar-refractivity contribution is -0.118. The van der Waals surface area contributed by atoms with Gasteiger partial charge in [-0.25, -0.2) is 4.39 Å².